The molecule has 0 spiro atoms. The Kier molecular flexibility index (Phi) is 4.91. The lowest BCUT2D eigenvalue weighted by Crippen LogP contribution is -2.08. The molecule has 5 rings (SSSR count). The van der Waals surface area contributed by atoms with Crippen molar-refractivity contribution in [2.45, 2.75) is 11.4 Å². The van der Waals surface area contributed by atoms with Gasteiger partial charge in [-0.15, -0.1) is 5.10 Å². The maximum atomic E-state index is 12.0. The maximum Gasteiger partial charge on any atom is 0.183 e. The van der Waals surface area contributed by atoms with E-state index < -0.39 is 9.84 Å². The fraction of sp³-hybridized carbons (Fsp3) is 0.0909. The van der Waals surface area contributed by atoms with Gasteiger partial charge in [-0.1, -0.05) is 30.3 Å². The van der Waals surface area contributed by atoms with Crippen LogP contribution >= 0.6 is 0 Å². The van der Waals surface area contributed by atoms with E-state index in [1.54, 1.807) is 23.1 Å². The van der Waals surface area contributed by atoms with Crippen LogP contribution in [0.5, 0.6) is 0 Å². The maximum absolute atomic E-state index is 12.0. The third-order valence-corrected chi connectivity index (χ3v) is 6.05. The van der Waals surface area contributed by atoms with Gasteiger partial charge in [0.15, 0.2) is 21.5 Å². The number of aromatic nitrogens is 6. The first kappa shape index (κ1) is 19.9. The van der Waals surface area contributed by atoms with Crippen LogP contribution in [0.2, 0.25) is 0 Å². The molecule has 10 heteroatoms. The number of sulfone groups is 1. The number of benzene rings is 1. The molecule has 0 radical (unpaired) electrons. The molecule has 0 saturated heterocycles. The van der Waals surface area contributed by atoms with E-state index in [4.69, 9.17) is 4.98 Å². The van der Waals surface area contributed by atoms with Crippen molar-refractivity contribution in [1.82, 2.24) is 29.5 Å². The van der Waals surface area contributed by atoms with Crippen molar-refractivity contribution in [3.05, 3.63) is 79.3 Å². The third-order valence-electron chi connectivity index (χ3n) is 4.97. The van der Waals surface area contributed by atoms with E-state index in [1.165, 1.54) is 12.3 Å². The Morgan fingerprint density at radius 3 is 2.69 bits per heavy atom. The molecule has 0 aliphatic heterocycles. The van der Waals surface area contributed by atoms with Crippen LogP contribution in [0.3, 0.4) is 0 Å². The van der Waals surface area contributed by atoms with E-state index in [-0.39, 0.29) is 4.90 Å². The molecule has 4 aromatic heterocycles. The molecule has 4 heterocycles. The second kappa shape index (κ2) is 7.89. The molecule has 0 atom stereocenters. The normalized spacial score (nSPS) is 11.7. The number of rotatable bonds is 6. The molecule has 0 fully saturated rings. The minimum atomic E-state index is -3.41. The molecule has 0 unspecified atom stereocenters. The number of nitrogens with zero attached hydrogens (tertiary/aromatic N) is 5. The van der Waals surface area contributed by atoms with Gasteiger partial charge in [-0.25, -0.2) is 22.9 Å². The van der Waals surface area contributed by atoms with Crippen molar-refractivity contribution in [3.63, 3.8) is 0 Å². The van der Waals surface area contributed by atoms with E-state index in [1.807, 2.05) is 42.6 Å². The van der Waals surface area contributed by atoms with Gasteiger partial charge in [0.1, 0.15) is 11.3 Å². The largest absolute Gasteiger partial charge is 0.361 e. The summed E-state index contributed by atoms with van der Waals surface area (Å²) < 4.78 is 25.7. The van der Waals surface area contributed by atoms with Crippen LogP contribution in [0.15, 0.2) is 78.3 Å². The van der Waals surface area contributed by atoms with E-state index in [0.29, 0.717) is 23.8 Å². The molecular weight excluding hydrogens is 426 g/mol. The summed E-state index contributed by atoms with van der Waals surface area (Å²) in [6, 6.07) is 13.5. The number of H-pyrrole nitrogens is 1. The molecule has 5 aromatic rings. The minimum Gasteiger partial charge on any atom is -0.361 e. The molecule has 2 N–H and O–H groups in total. The van der Waals surface area contributed by atoms with Crippen LogP contribution < -0.4 is 5.32 Å². The van der Waals surface area contributed by atoms with Crippen LogP contribution in [0.4, 0.5) is 5.82 Å². The highest BCUT2D eigenvalue weighted by atomic mass is 32.2. The van der Waals surface area contributed by atoms with Crippen LogP contribution in [-0.2, 0) is 16.4 Å². The lowest BCUT2D eigenvalue weighted by atomic mass is 10.1. The SMILES string of the molecule is CS(=O)(=O)c1cncc(-c2nc(NCc3ncc[nH]3)c3c(-c4ccccc4)ccn3n2)c1. The Hall–Kier alpha value is -4.05. The molecular formula is C22H19N7O2S. The van der Waals surface area contributed by atoms with Crippen molar-refractivity contribution in [3.8, 4) is 22.5 Å². The summed E-state index contributed by atoms with van der Waals surface area (Å²) in [5.41, 5.74) is 3.32. The number of nitrogens with one attached hydrogen (secondary N) is 2. The first-order chi connectivity index (χ1) is 15.5. The quantitative estimate of drug-likeness (QED) is 0.412. The fourth-order valence-electron chi connectivity index (χ4n) is 3.43. The predicted molar refractivity (Wildman–Crippen MR) is 121 cm³/mol. The van der Waals surface area contributed by atoms with Gasteiger partial charge in [-0.2, -0.15) is 0 Å². The minimum absolute atomic E-state index is 0.112. The lowest BCUT2D eigenvalue weighted by Gasteiger charge is -2.11. The average molecular weight is 446 g/mol. The van der Waals surface area contributed by atoms with Crippen molar-refractivity contribution in [2.24, 2.45) is 0 Å². The van der Waals surface area contributed by atoms with Crippen molar-refractivity contribution in [2.75, 3.05) is 11.6 Å². The Morgan fingerprint density at radius 2 is 1.94 bits per heavy atom. The number of anilines is 1. The summed E-state index contributed by atoms with van der Waals surface area (Å²) in [5.74, 6) is 1.71. The molecule has 0 aliphatic rings. The van der Waals surface area contributed by atoms with Gasteiger partial charge >= 0.3 is 0 Å². The molecule has 32 heavy (non-hydrogen) atoms. The molecule has 0 saturated carbocycles. The fourth-order valence-corrected chi connectivity index (χ4v) is 4.02. The van der Waals surface area contributed by atoms with Gasteiger partial charge in [0.2, 0.25) is 0 Å². The average Bonchev–Trinajstić information content (AvgIpc) is 3.47. The van der Waals surface area contributed by atoms with E-state index in [9.17, 15) is 8.42 Å². The second-order valence-electron chi connectivity index (χ2n) is 7.24. The highest BCUT2D eigenvalue weighted by molar-refractivity contribution is 7.90. The van der Waals surface area contributed by atoms with Gasteiger partial charge in [0.05, 0.1) is 11.4 Å². The summed E-state index contributed by atoms with van der Waals surface area (Å²) in [4.78, 5) is 16.2. The molecule has 0 amide bonds. The topological polar surface area (TPSA) is 118 Å². The van der Waals surface area contributed by atoms with Crippen LogP contribution in [0, 0.1) is 0 Å². The predicted octanol–water partition coefficient (Wildman–Crippen LogP) is 3.20. The van der Waals surface area contributed by atoms with E-state index in [2.05, 4.69) is 25.4 Å². The zero-order valence-electron chi connectivity index (χ0n) is 17.1. The van der Waals surface area contributed by atoms with Gasteiger partial charge in [-0.3, -0.25) is 4.98 Å². The molecule has 0 bridgehead atoms. The molecule has 160 valence electrons. The van der Waals surface area contributed by atoms with Gasteiger partial charge in [0.25, 0.3) is 0 Å². The zero-order valence-corrected chi connectivity index (χ0v) is 17.9. The Labute approximate surface area is 184 Å². The first-order valence-corrected chi connectivity index (χ1v) is 11.7. The smallest absolute Gasteiger partial charge is 0.183 e. The highest BCUT2D eigenvalue weighted by Gasteiger charge is 2.17. The van der Waals surface area contributed by atoms with E-state index in [0.717, 1.165) is 28.7 Å². The van der Waals surface area contributed by atoms with E-state index >= 15 is 0 Å². The molecule has 0 aliphatic carbocycles. The van der Waals surface area contributed by atoms with Gasteiger partial charge in [-0.05, 0) is 17.7 Å². The zero-order chi connectivity index (χ0) is 22.1. The highest BCUT2D eigenvalue weighted by Crippen LogP contribution is 2.31. The summed E-state index contributed by atoms with van der Waals surface area (Å²) in [6.45, 7) is 0.431. The monoisotopic (exact) mass is 445 g/mol. The number of hydrogen-bond acceptors (Lipinski definition) is 7. The van der Waals surface area contributed by atoms with Gasteiger partial charge in [0, 0.05) is 48.4 Å². The van der Waals surface area contributed by atoms with Crippen LogP contribution in [0.1, 0.15) is 5.82 Å². The standard InChI is InChI=1S/C22H19N7O2S/c1-32(30,31)17-11-16(12-23-13-17)21-27-22(26-14-19-24-8-9-25-19)20-18(7-10-29(20)28-21)15-5-3-2-4-6-15/h2-13H,14H2,1H3,(H,24,25)(H,26,27,28). The number of aromatic amines is 1. The summed E-state index contributed by atoms with van der Waals surface area (Å²) in [7, 11) is -3.41. The second-order valence-corrected chi connectivity index (χ2v) is 9.26. The number of imidazole rings is 1. The molecule has 1 aromatic carbocycles. The molecule has 9 nitrogen and oxygen atoms in total. The first-order valence-electron chi connectivity index (χ1n) is 9.81. The van der Waals surface area contributed by atoms with Crippen LogP contribution in [0.25, 0.3) is 28.0 Å². The van der Waals surface area contributed by atoms with Crippen molar-refractivity contribution in [1.29, 1.82) is 0 Å². The lowest BCUT2D eigenvalue weighted by molar-refractivity contribution is 0.601. The Morgan fingerprint density at radius 1 is 1.09 bits per heavy atom. The Bertz CT molecular complexity index is 1490. The summed E-state index contributed by atoms with van der Waals surface area (Å²) in [5, 5.41) is 7.96. The third kappa shape index (κ3) is 3.83. The van der Waals surface area contributed by atoms with Crippen molar-refractivity contribution < 1.29 is 8.42 Å². The number of pyridine rings is 1. The Balaban J connectivity index is 1.66. The van der Waals surface area contributed by atoms with Crippen molar-refractivity contribution >= 4 is 21.2 Å². The van der Waals surface area contributed by atoms with Gasteiger partial charge < -0.3 is 10.3 Å². The summed E-state index contributed by atoms with van der Waals surface area (Å²) >= 11 is 0. The number of hydrogen-bond donors (Lipinski definition) is 2. The summed E-state index contributed by atoms with van der Waals surface area (Å²) in [6.07, 6.45) is 9.31. The van der Waals surface area contributed by atoms with Crippen LogP contribution in [-0.4, -0.2) is 44.2 Å². The number of fused-ring (bicyclic) bond motifs is 1.